The predicted molar refractivity (Wildman–Crippen MR) is 126 cm³/mol. The minimum atomic E-state index is -0.615. The average Bonchev–Trinajstić information content (AvgIpc) is 3.41. The molecule has 0 unspecified atom stereocenters. The van der Waals surface area contributed by atoms with E-state index in [1.165, 1.54) is 47.0 Å². The average molecular weight is 486 g/mol. The fourth-order valence-corrected chi connectivity index (χ4v) is 5.44. The van der Waals surface area contributed by atoms with Gasteiger partial charge in [-0.15, -0.1) is 11.8 Å². The first kappa shape index (κ1) is 23.1. The van der Waals surface area contributed by atoms with Crippen molar-refractivity contribution >= 4 is 52.6 Å². The topological polar surface area (TPSA) is 86.8 Å². The standard InChI is InChI=1S/C23H20FN3O4S2/c24-17-8-6-15(7-9-17)12-19-22(30)26(23(31)33-19)11-10-25-20(28)18-13-32-14-27(18)21(29)16-4-2-1-3-5-16/h1-9,12,18H,10-11,13-14H2,(H,25,28)/b19-12-/t18-/m0/s1. The molecule has 2 aromatic rings. The Morgan fingerprint density at radius 1 is 1.09 bits per heavy atom. The summed E-state index contributed by atoms with van der Waals surface area (Å²) in [6.07, 6.45) is 1.53. The van der Waals surface area contributed by atoms with Gasteiger partial charge in [-0.2, -0.15) is 0 Å². The van der Waals surface area contributed by atoms with Crippen LogP contribution < -0.4 is 5.32 Å². The van der Waals surface area contributed by atoms with Crippen molar-refractivity contribution in [1.82, 2.24) is 15.1 Å². The van der Waals surface area contributed by atoms with Crippen LogP contribution in [-0.4, -0.2) is 63.5 Å². The van der Waals surface area contributed by atoms with E-state index < -0.39 is 17.2 Å². The number of imide groups is 1. The van der Waals surface area contributed by atoms with Gasteiger partial charge in [-0.25, -0.2) is 4.39 Å². The summed E-state index contributed by atoms with van der Waals surface area (Å²) in [5, 5.41) is 2.31. The number of carbonyl (C=O) groups excluding carboxylic acids is 4. The fraction of sp³-hybridized carbons (Fsp3) is 0.217. The van der Waals surface area contributed by atoms with Gasteiger partial charge in [0.15, 0.2) is 0 Å². The van der Waals surface area contributed by atoms with Gasteiger partial charge in [0.1, 0.15) is 11.9 Å². The van der Waals surface area contributed by atoms with Crippen molar-refractivity contribution in [3.8, 4) is 0 Å². The van der Waals surface area contributed by atoms with Gasteiger partial charge in [0.2, 0.25) is 5.91 Å². The van der Waals surface area contributed by atoms with E-state index in [2.05, 4.69) is 5.32 Å². The molecular formula is C23H20FN3O4S2. The highest BCUT2D eigenvalue weighted by molar-refractivity contribution is 8.18. The van der Waals surface area contributed by atoms with Crippen LogP contribution in [0.5, 0.6) is 0 Å². The zero-order valence-corrected chi connectivity index (χ0v) is 19.0. The summed E-state index contributed by atoms with van der Waals surface area (Å²) in [6.45, 7) is 0.0961. The normalized spacial score (nSPS) is 19.4. The van der Waals surface area contributed by atoms with Gasteiger partial charge >= 0.3 is 0 Å². The molecule has 0 bridgehead atoms. The first-order valence-electron chi connectivity index (χ1n) is 10.2. The second kappa shape index (κ2) is 10.2. The monoisotopic (exact) mass is 485 g/mol. The van der Waals surface area contributed by atoms with Crippen molar-refractivity contribution in [3.05, 3.63) is 76.4 Å². The maximum atomic E-state index is 13.1. The molecule has 4 amide bonds. The third-order valence-electron chi connectivity index (χ3n) is 5.14. The van der Waals surface area contributed by atoms with Crippen LogP contribution in [0.2, 0.25) is 0 Å². The number of hydrogen-bond donors (Lipinski definition) is 1. The number of amides is 4. The molecule has 0 saturated carbocycles. The number of thioether (sulfide) groups is 2. The Balaban J connectivity index is 1.32. The molecule has 10 heteroatoms. The second-order valence-corrected chi connectivity index (χ2v) is 9.33. The molecule has 2 aliphatic rings. The maximum absolute atomic E-state index is 13.1. The van der Waals surface area contributed by atoms with Crippen molar-refractivity contribution in [2.45, 2.75) is 6.04 Å². The summed E-state index contributed by atoms with van der Waals surface area (Å²) in [7, 11) is 0. The Kier molecular flexibility index (Phi) is 7.14. The second-order valence-electron chi connectivity index (χ2n) is 7.33. The molecule has 33 heavy (non-hydrogen) atoms. The van der Waals surface area contributed by atoms with E-state index in [0.717, 1.165) is 16.7 Å². The van der Waals surface area contributed by atoms with Crippen molar-refractivity contribution in [2.24, 2.45) is 0 Å². The molecule has 0 aromatic heterocycles. The Bertz CT molecular complexity index is 1110. The number of rotatable bonds is 6. The lowest BCUT2D eigenvalue weighted by atomic mass is 10.1. The first-order valence-corrected chi connectivity index (χ1v) is 12.1. The number of nitrogens with one attached hydrogen (secondary N) is 1. The summed E-state index contributed by atoms with van der Waals surface area (Å²) in [6, 6.07) is 13.8. The highest BCUT2D eigenvalue weighted by Crippen LogP contribution is 2.32. The third kappa shape index (κ3) is 5.28. The van der Waals surface area contributed by atoms with E-state index in [1.54, 1.807) is 24.3 Å². The Hall–Kier alpha value is -3.11. The zero-order valence-electron chi connectivity index (χ0n) is 17.4. The highest BCUT2D eigenvalue weighted by atomic mass is 32.2. The number of nitrogens with zero attached hydrogens (tertiary/aromatic N) is 2. The van der Waals surface area contributed by atoms with Gasteiger partial charge < -0.3 is 10.2 Å². The van der Waals surface area contributed by atoms with Crippen LogP contribution in [0.3, 0.4) is 0 Å². The van der Waals surface area contributed by atoms with Crippen LogP contribution in [0.4, 0.5) is 9.18 Å². The van der Waals surface area contributed by atoms with Crippen molar-refractivity contribution in [3.63, 3.8) is 0 Å². The minimum absolute atomic E-state index is 0.0175. The molecule has 0 radical (unpaired) electrons. The lowest BCUT2D eigenvalue weighted by Crippen LogP contribution is -2.48. The van der Waals surface area contributed by atoms with Crippen LogP contribution in [0.25, 0.3) is 6.08 Å². The van der Waals surface area contributed by atoms with Crippen LogP contribution in [-0.2, 0) is 9.59 Å². The quantitative estimate of drug-likeness (QED) is 0.633. The third-order valence-corrected chi connectivity index (χ3v) is 7.06. The summed E-state index contributed by atoms with van der Waals surface area (Å²) in [5.74, 6) is -0.479. The highest BCUT2D eigenvalue weighted by Gasteiger charge is 2.37. The van der Waals surface area contributed by atoms with E-state index in [-0.39, 0.29) is 35.6 Å². The Morgan fingerprint density at radius 3 is 2.55 bits per heavy atom. The van der Waals surface area contributed by atoms with Crippen molar-refractivity contribution < 1.29 is 23.6 Å². The summed E-state index contributed by atoms with van der Waals surface area (Å²) < 4.78 is 13.1. The van der Waals surface area contributed by atoms with E-state index >= 15 is 0 Å². The molecule has 1 atom stereocenters. The van der Waals surface area contributed by atoms with Crippen molar-refractivity contribution in [2.75, 3.05) is 24.7 Å². The maximum Gasteiger partial charge on any atom is 0.293 e. The molecule has 2 aliphatic heterocycles. The molecule has 2 saturated heterocycles. The molecule has 2 heterocycles. The van der Waals surface area contributed by atoms with Crippen molar-refractivity contribution in [1.29, 1.82) is 0 Å². The molecule has 1 N–H and O–H groups in total. The molecule has 7 nitrogen and oxygen atoms in total. The molecule has 2 aromatic carbocycles. The zero-order chi connectivity index (χ0) is 23.4. The van der Waals surface area contributed by atoms with Crippen LogP contribution >= 0.6 is 23.5 Å². The molecule has 0 aliphatic carbocycles. The summed E-state index contributed by atoms with van der Waals surface area (Å²) in [4.78, 5) is 53.1. The van der Waals surface area contributed by atoms with Crippen LogP contribution in [0.1, 0.15) is 15.9 Å². The smallest absolute Gasteiger partial charge is 0.293 e. The van der Waals surface area contributed by atoms with Crippen LogP contribution in [0, 0.1) is 5.82 Å². The van der Waals surface area contributed by atoms with E-state index in [0.29, 0.717) is 22.8 Å². The molecule has 170 valence electrons. The largest absolute Gasteiger partial charge is 0.352 e. The van der Waals surface area contributed by atoms with Gasteiger partial charge in [0.25, 0.3) is 17.1 Å². The van der Waals surface area contributed by atoms with Gasteiger partial charge in [-0.05, 0) is 47.7 Å². The predicted octanol–water partition coefficient (Wildman–Crippen LogP) is 3.19. The lowest BCUT2D eigenvalue weighted by Gasteiger charge is -2.23. The van der Waals surface area contributed by atoms with Gasteiger partial charge in [-0.1, -0.05) is 30.3 Å². The van der Waals surface area contributed by atoms with Gasteiger partial charge in [-0.3, -0.25) is 24.1 Å². The van der Waals surface area contributed by atoms with E-state index in [9.17, 15) is 23.6 Å². The lowest BCUT2D eigenvalue weighted by molar-refractivity contribution is -0.126. The number of halogens is 1. The molecule has 4 rings (SSSR count). The SMILES string of the molecule is O=C(NCCN1C(=O)S/C(=C\c2ccc(F)cc2)C1=O)[C@@H]1CSCN1C(=O)c1ccccc1. The first-order chi connectivity index (χ1) is 15.9. The van der Waals surface area contributed by atoms with Gasteiger partial charge in [0, 0.05) is 24.4 Å². The number of hydrogen-bond acceptors (Lipinski definition) is 6. The summed E-state index contributed by atoms with van der Waals surface area (Å²) >= 11 is 2.30. The fourth-order valence-electron chi connectivity index (χ4n) is 3.42. The molecule has 2 fully saturated rings. The van der Waals surface area contributed by atoms with E-state index in [4.69, 9.17) is 0 Å². The number of carbonyl (C=O) groups is 4. The van der Waals surface area contributed by atoms with Crippen LogP contribution in [0.15, 0.2) is 59.5 Å². The number of benzene rings is 2. The van der Waals surface area contributed by atoms with Gasteiger partial charge in [0.05, 0.1) is 10.8 Å². The molecule has 0 spiro atoms. The molecular weight excluding hydrogens is 465 g/mol. The summed E-state index contributed by atoms with van der Waals surface area (Å²) in [5.41, 5.74) is 1.13. The van der Waals surface area contributed by atoms with E-state index in [1.807, 2.05) is 6.07 Å². The Labute approximate surface area is 198 Å². The Morgan fingerprint density at radius 2 is 1.82 bits per heavy atom. The minimum Gasteiger partial charge on any atom is -0.352 e.